The number of benzene rings is 3. The maximum absolute atomic E-state index is 15.0. The fourth-order valence-electron chi connectivity index (χ4n) is 4.23. The van der Waals surface area contributed by atoms with Crippen LogP contribution in [0.25, 0.3) is 16.8 Å². The van der Waals surface area contributed by atoms with Crippen molar-refractivity contribution >= 4 is 50.7 Å². The second-order valence-corrected chi connectivity index (χ2v) is 11.8. The molecule has 1 aromatic heterocycles. The molecular weight excluding hydrogens is 621 g/mol. The number of nitrogens with two attached hydrogens (primary N) is 1. The normalized spacial score (nSPS) is 12.8. The summed E-state index contributed by atoms with van der Waals surface area (Å²) < 4.78 is 81.7. The van der Waals surface area contributed by atoms with Crippen LogP contribution in [0.4, 0.5) is 23.2 Å². The molecule has 4 rings (SSSR count). The highest BCUT2D eigenvalue weighted by atomic mass is 35.5. The van der Waals surface area contributed by atoms with Gasteiger partial charge in [0.1, 0.15) is 16.8 Å². The van der Waals surface area contributed by atoms with Crippen molar-refractivity contribution in [1.82, 2.24) is 9.55 Å². The summed E-state index contributed by atoms with van der Waals surface area (Å²) in [6.07, 6.45) is -2.82. The van der Waals surface area contributed by atoms with Crippen molar-refractivity contribution in [2.45, 2.75) is 24.6 Å². The average molecular weight is 642 g/mol. The summed E-state index contributed by atoms with van der Waals surface area (Å²) in [6, 6.07) is 12.8. The van der Waals surface area contributed by atoms with E-state index in [1.165, 1.54) is 31.2 Å². The molecule has 0 atom stereocenters. The van der Waals surface area contributed by atoms with Gasteiger partial charge in [0.2, 0.25) is 0 Å². The Morgan fingerprint density at radius 2 is 1.76 bits per heavy atom. The minimum atomic E-state index is -4.85. The molecule has 3 aromatic carbocycles. The zero-order valence-corrected chi connectivity index (χ0v) is 24.1. The number of imidazole rings is 1. The number of aliphatic hydroxyl groups is 1. The fourth-order valence-corrected chi connectivity index (χ4v) is 5.67. The Hall–Kier alpha value is -3.78. The number of aliphatic imine (C=N–C) groups is 1. The van der Waals surface area contributed by atoms with E-state index in [9.17, 15) is 31.1 Å². The van der Waals surface area contributed by atoms with Crippen LogP contribution in [0.3, 0.4) is 0 Å². The molecule has 0 unspecified atom stereocenters. The Kier molecular flexibility index (Phi) is 8.78. The Labute approximate surface area is 247 Å². The molecule has 0 aliphatic heterocycles. The van der Waals surface area contributed by atoms with Crippen LogP contribution in [0.2, 0.25) is 10.2 Å². The van der Waals surface area contributed by atoms with Gasteiger partial charge < -0.3 is 10.9 Å². The molecular formula is C27H21Cl2F4N5O3S. The van der Waals surface area contributed by atoms with Gasteiger partial charge in [-0.2, -0.15) is 18.3 Å². The van der Waals surface area contributed by atoms with Crippen LogP contribution >= 0.6 is 23.2 Å². The first-order valence-corrected chi connectivity index (χ1v) is 14.5. The largest absolute Gasteiger partial charge is 0.436 e. The van der Waals surface area contributed by atoms with Crippen molar-refractivity contribution in [1.29, 1.82) is 0 Å². The summed E-state index contributed by atoms with van der Waals surface area (Å²) in [6.45, 7) is 0.469. The maximum atomic E-state index is 15.0. The molecule has 0 saturated carbocycles. The van der Waals surface area contributed by atoms with Crippen molar-refractivity contribution in [3.63, 3.8) is 0 Å². The number of sulfone groups is 1. The summed E-state index contributed by atoms with van der Waals surface area (Å²) in [4.78, 5) is 7.70. The van der Waals surface area contributed by atoms with Crippen molar-refractivity contribution in [2.24, 2.45) is 15.9 Å². The predicted molar refractivity (Wildman–Crippen MR) is 153 cm³/mol. The highest BCUT2D eigenvalue weighted by Crippen LogP contribution is 2.38. The quantitative estimate of drug-likeness (QED) is 0.106. The molecule has 220 valence electrons. The standard InChI is InChI=1S/C27H21Cl2F4N5O3S/c1-14-36-25(27(31,32)33)26(29)38(14)23-8-3-15(16-10-21(30)20(13-39)24(11-16)42(2,40)41)9-19(23)22(12-35-34)37-18-6-4-17(28)5-7-18/h3-12,39H,13,34H2,1-2H3. The molecule has 0 bridgehead atoms. The molecule has 0 amide bonds. The first-order chi connectivity index (χ1) is 19.6. The molecule has 1 heterocycles. The Morgan fingerprint density at radius 3 is 2.31 bits per heavy atom. The van der Waals surface area contributed by atoms with E-state index in [0.29, 0.717) is 10.7 Å². The van der Waals surface area contributed by atoms with Crippen LogP contribution in [-0.4, -0.2) is 41.3 Å². The van der Waals surface area contributed by atoms with Crippen molar-refractivity contribution < 1.29 is 31.1 Å². The highest BCUT2D eigenvalue weighted by molar-refractivity contribution is 7.90. The number of aryl methyl sites for hydroxylation is 1. The summed E-state index contributed by atoms with van der Waals surface area (Å²) in [5.41, 5.74) is -0.691. The van der Waals surface area contributed by atoms with E-state index in [1.807, 2.05) is 0 Å². The van der Waals surface area contributed by atoms with E-state index in [0.717, 1.165) is 23.1 Å². The first kappa shape index (κ1) is 31.2. The summed E-state index contributed by atoms with van der Waals surface area (Å²) in [5, 5.41) is 12.8. The summed E-state index contributed by atoms with van der Waals surface area (Å²) in [5.74, 6) is 4.38. The smallest absolute Gasteiger partial charge is 0.392 e. The number of alkyl halides is 3. The predicted octanol–water partition coefficient (Wildman–Crippen LogP) is 6.27. The van der Waals surface area contributed by atoms with E-state index in [2.05, 4.69) is 15.1 Å². The van der Waals surface area contributed by atoms with Crippen molar-refractivity contribution in [3.8, 4) is 16.8 Å². The van der Waals surface area contributed by atoms with Gasteiger partial charge in [-0.1, -0.05) is 29.3 Å². The molecule has 0 radical (unpaired) electrons. The number of halogens is 6. The van der Waals surface area contributed by atoms with Crippen LogP contribution < -0.4 is 5.84 Å². The fraction of sp³-hybridized carbons (Fsp3) is 0.148. The van der Waals surface area contributed by atoms with Gasteiger partial charge in [0.25, 0.3) is 0 Å². The third-order valence-corrected chi connectivity index (χ3v) is 7.85. The topological polar surface area (TPSA) is 123 Å². The number of aromatic nitrogens is 2. The number of nitrogens with zero attached hydrogens (tertiary/aromatic N) is 4. The number of rotatable bonds is 7. The average Bonchev–Trinajstić information content (AvgIpc) is 3.22. The minimum Gasteiger partial charge on any atom is -0.392 e. The van der Waals surface area contributed by atoms with Gasteiger partial charge in [0.05, 0.1) is 34.8 Å². The number of aliphatic hydroxyl groups excluding tert-OH is 1. The first-order valence-electron chi connectivity index (χ1n) is 11.8. The lowest BCUT2D eigenvalue weighted by molar-refractivity contribution is -0.140. The lowest BCUT2D eigenvalue weighted by Crippen LogP contribution is -2.12. The third kappa shape index (κ3) is 6.33. The monoisotopic (exact) mass is 641 g/mol. The Morgan fingerprint density at radius 1 is 1.10 bits per heavy atom. The van der Waals surface area contributed by atoms with Crippen LogP contribution in [0.15, 0.2) is 69.6 Å². The molecule has 0 fully saturated rings. The molecule has 0 saturated heterocycles. The van der Waals surface area contributed by atoms with E-state index in [-0.39, 0.29) is 33.9 Å². The highest BCUT2D eigenvalue weighted by Gasteiger charge is 2.38. The molecule has 0 spiro atoms. The van der Waals surface area contributed by atoms with Crippen molar-refractivity contribution in [3.05, 3.63) is 93.2 Å². The summed E-state index contributed by atoms with van der Waals surface area (Å²) in [7, 11) is -3.96. The lowest BCUT2D eigenvalue weighted by atomic mass is 9.98. The zero-order chi connectivity index (χ0) is 31.0. The summed E-state index contributed by atoms with van der Waals surface area (Å²) >= 11 is 12.2. The molecule has 0 aliphatic carbocycles. The van der Waals surface area contributed by atoms with E-state index in [4.69, 9.17) is 29.0 Å². The van der Waals surface area contributed by atoms with E-state index >= 15 is 0 Å². The Bertz CT molecular complexity index is 1840. The molecule has 42 heavy (non-hydrogen) atoms. The van der Waals surface area contributed by atoms with E-state index < -0.39 is 49.7 Å². The Balaban J connectivity index is 2.06. The van der Waals surface area contributed by atoms with Crippen LogP contribution in [0, 0.1) is 12.7 Å². The molecule has 3 N–H and O–H groups in total. The van der Waals surface area contributed by atoms with Crippen LogP contribution in [0.1, 0.15) is 22.6 Å². The van der Waals surface area contributed by atoms with E-state index in [1.54, 1.807) is 24.3 Å². The second-order valence-electron chi connectivity index (χ2n) is 8.98. The van der Waals surface area contributed by atoms with Crippen molar-refractivity contribution in [2.75, 3.05) is 6.26 Å². The molecule has 8 nitrogen and oxygen atoms in total. The number of hydrogen-bond donors (Lipinski definition) is 2. The van der Waals surface area contributed by atoms with Gasteiger partial charge in [0, 0.05) is 22.4 Å². The van der Waals surface area contributed by atoms with Gasteiger partial charge in [-0.15, -0.1) is 0 Å². The van der Waals surface area contributed by atoms with Gasteiger partial charge >= 0.3 is 6.18 Å². The zero-order valence-electron chi connectivity index (χ0n) is 21.8. The third-order valence-electron chi connectivity index (χ3n) is 6.09. The maximum Gasteiger partial charge on any atom is 0.436 e. The van der Waals surface area contributed by atoms with Gasteiger partial charge in [-0.3, -0.25) is 4.57 Å². The molecule has 0 aliphatic rings. The lowest BCUT2D eigenvalue weighted by Gasteiger charge is -2.16. The van der Waals surface area contributed by atoms with Gasteiger partial charge in [0.15, 0.2) is 15.5 Å². The molecule has 15 heteroatoms. The minimum absolute atomic E-state index is 0.0604. The van der Waals surface area contributed by atoms with Gasteiger partial charge in [-0.05, 0) is 66.6 Å². The SMILES string of the molecule is Cc1nc(C(F)(F)F)c(Cl)n1-c1ccc(-c2cc(F)c(CO)c(S(C)(=O)=O)c2)cc1C(C=NN)=Nc1ccc(Cl)cc1. The van der Waals surface area contributed by atoms with Gasteiger partial charge in [-0.25, -0.2) is 22.8 Å². The second kappa shape index (κ2) is 11.8. The van der Waals surface area contributed by atoms with Crippen LogP contribution in [0.5, 0.6) is 0 Å². The number of hydrogen-bond acceptors (Lipinski definition) is 7. The number of hydrazone groups is 1. The van der Waals surface area contributed by atoms with Crippen LogP contribution in [-0.2, 0) is 22.6 Å². The molecule has 4 aromatic rings.